The third-order valence-electron chi connectivity index (χ3n) is 3.76. The van der Waals surface area contributed by atoms with Gasteiger partial charge in [0.15, 0.2) is 0 Å². The molecule has 0 aliphatic heterocycles. The topological polar surface area (TPSA) is 33.1 Å². The monoisotopic (exact) mass is 241 g/mol. The lowest BCUT2D eigenvalue weighted by atomic mass is 10.1. The molecule has 1 N–H and O–H groups in total. The predicted octanol–water partition coefficient (Wildman–Crippen LogP) is 3.33. The zero-order valence-electron chi connectivity index (χ0n) is 10.5. The van der Waals surface area contributed by atoms with E-state index in [2.05, 4.69) is 29.2 Å². The molecule has 2 heteroatoms. The van der Waals surface area contributed by atoms with Crippen molar-refractivity contribution in [3.63, 3.8) is 0 Å². The van der Waals surface area contributed by atoms with Crippen molar-refractivity contribution in [3.8, 4) is 0 Å². The van der Waals surface area contributed by atoms with Crippen molar-refractivity contribution in [1.29, 1.82) is 0 Å². The van der Waals surface area contributed by atoms with Crippen molar-refractivity contribution in [2.24, 2.45) is 5.92 Å². The van der Waals surface area contributed by atoms with Crippen LogP contribution in [0.5, 0.6) is 0 Å². The summed E-state index contributed by atoms with van der Waals surface area (Å²) in [5.74, 6) is 0.592. The number of rotatable bonds is 5. The van der Waals surface area contributed by atoms with Gasteiger partial charge in [-0.3, -0.25) is 4.98 Å². The fourth-order valence-electron chi connectivity index (χ4n) is 2.46. The molecule has 1 fully saturated rings. The Hall–Kier alpha value is -1.41. The summed E-state index contributed by atoms with van der Waals surface area (Å²) in [7, 11) is 0. The average molecular weight is 241 g/mol. The highest BCUT2D eigenvalue weighted by Gasteiger charge is 2.28. The van der Waals surface area contributed by atoms with Gasteiger partial charge in [0.2, 0.25) is 0 Å². The Bertz CT molecular complexity index is 533. The minimum atomic E-state index is -0.0783. The van der Waals surface area contributed by atoms with Gasteiger partial charge in [0.25, 0.3) is 0 Å². The first-order valence-corrected chi connectivity index (χ1v) is 6.86. The van der Waals surface area contributed by atoms with Crippen LogP contribution in [0.3, 0.4) is 0 Å². The molecule has 1 unspecified atom stereocenters. The molecule has 0 spiro atoms. The first-order chi connectivity index (χ1) is 8.83. The molecule has 0 radical (unpaired) electrons. The van der Waals surface area contributed by atoms with Gasteiger partial charge in [0.1, 0.15) is 0 Å². The number of para-hydroxylation sites is 1. The van der Waals surface area contributed by atoms with Gasteiger partial charge in [-0.1, -0.05) is 24.3 Å². The molecule has 2 nitrogen and oxygen atoms in total. The number of fused-ring (bicyclic) bond motifs is 1. The summed E-state index contributed by atoms with van der Waals surface area (Å²) >= 11 is 0. The van der Waals surface area contributed by atoms with E-state index in [1.54, 1.807) is 0 Å². The molecular formula is C16H19NO. The van der Waals surface area contributed by atoms with Crippen molar-refractivity contribution >= 4 is 10.9 Å². The maximum absolute atomic E-state index is 9.82. The van der Waals surface area contributed by atoms with Crippen LogP contribution < -0.4 is 0 Å². The molecule has 1 aliphatic carbocycles. The standard InChI is InChI=1S/C16H19NO/c18-16(13-8-9-13)7-3-5-14-11-10-12-4-1-2-6-15(12)17-14/h1-2,4,6,10-11,13,16,18H,3,5,7-9H2. The van der Waals surface area contributed by atoms with Gasteiger partial charge in [-0.25, -0.2) is 0 Å². The number of aliphatic hydroxyl groups is 1. The highest BCUT2D eigenvalue weighted by atomic mass is 16.3. The summed E-state index contributed by atoms with van der Waals surface area (Å²) in [6.07, 6.45) is 5.27. The van der Waals surface area contributed by atoms with Crippen LogP contribution in [0, 0.1) is 5.92 Å². The minimum absolute atomic E-state index is 0.0783. The molecule has 1 atom stereocenters. The molecule has 1 aromatic carbocycles. The molecule has 0 saturated heterocycles. The summed E-state index contributed by atoms with van der Waals surface area (Å²) < 4.78 is 0. The van der Waals surface area contributed by atoms with E-state index in [4.69, 9.17) is 0 Å². The highest BCUT2D eigenvalue weighted by Crippen LogP contribution is 2.34. The van der Waals surface area contributed by atoms with Gasteiger partial charge in [0.05, 0.1) is 11.6 Å². The number of aryl methyl sites for hydroxylation is 1. The minimum Gasteiger partial charge on any atom is -0.393 e. The van der Waals surface area contributed by atoms with Crippen LogP contribution in [0.25, 0.3) is 10.9 Å². The number of benzene rings is 1. The van der Waals surface area contributed by atoms with Crippen LogP contribution in [0.2, 0.25) is 0 Å². The molecule has 18 heavy (non-hydrogen) atoms. The van der Waals surface area contributed by atoms with Gasteiger partial charge in [-0.15, -0.1) is 0 Å². The second-order valence-corrected chi connectivity index (χ2v) is 5.29. The van der Waals surface area contributed by atoms with Crippen LogP contribution in [0.1, 0.15) is 31.4 Å². The normalized spacial score (nSPS) is 16.9. The van der Waals surface area contributed by atoms with Crippen LogP contribution in [-0.2, 0) is 6.42 Å². The van der Waals surface area contributed by atoms with E-state index in [1.807, 2.05) is 12.1 Å². The highest BCUT2D eigenvalue weighted by molar-refractivity contribution is 5.78. The average Bonchev–Trinajstić information content (AvgIpc) is 3.23. The van der Waals surface area contributed by atoms with Crippen LogP contribution in [-0.4, -0.2) is 16.2 Å². The molecule has 1 aliphatic rings. The molecule has 94 valence electrons. The van der Waals surface area contributed by atoms with Crippen molar-refractivity contribution in [1.82, 2.24) is 4.98 Å². The van der Waals surface area contributed by atoms with E-state index in [9.17, 15) is 5.11 Å². The van der Waals surface area contributed by atoms with Crippen LogP contribution in [0.4, 0.5) is 0 Å². The first-order valence-electron chi connectivity index (χ1n) is 6.86. The third kappa shape index (κ3) is 2.70. The molecule has 3 rings (SSSR count). The summed E-state index contributed by atoms with van der Waals surface area (Å²) in [4.78, 5) is 4.65. The van der Waals surface area contributed by atoms with Gasteiger partial charge in [-0.05, 0) is 50.2 Å². The number of nitrogens with zero attached hydrogens (tertiary/aromatic N) is 1. The number of aromatic nitrogens is 1. The summed E-state index contributed by atoms with van der Waals surface area (Å²) in [5, 5.41) is 11.0. The van der Waals surface area contributed by atoms with Gasteiger partial charge < -0.3 is 5.11 Å². The number of aliphatic hydroxyl groups excluding tert-OH is 1. The van der Waals surface area contributed by atoms with Gasteiger partial charge in [0, 0.05) is 11.1 Å². The van der Waals surface area contributed by atoms with Crippen LogP contribution in [0.15, 0.2) is 36.4 Å². The van der Waals surface area contributed by atoms with E-state index in [1.165, 1.54) is 18.2 Å². The second-order valence-electron chi connectivity index (χ2n) is 5.29. The molecule has 1 saturated carbocycles. The molecule has 0 bridgehead atoms. The Labute approximate surface area is 108 Å². The molecule has 2 aromatic rings. The maximum Gasteiger partial charge on any atom is 0.0705 e. The van der Waals surface area contributed by atoms with Crippen molar-refractivity contribution in [2.45, 2.75) is 38.2 Å². The van der Waals surface area contributed by atoms with E-state index >= 15 is 0 Å². The Kier molecular flexibility index (Phi) is 3.28. The fourth-order valence-corrected chi connectivity index (χ4v) is 2.46. The van der Waals surface area contributed by atoms with E-state index in [-0.39, 0.29) is 6.10 Å². The molecular weight excluding hydrogens is 222 g/mol. The Morgan fingerprint density at radius 3 is 2.83 bits per heavy atom. The van der Waals surface area contributed by atoms with Crippen LogP contribution >= 0.6 is 0 Å². The van der Waals surface area contributed by atoms with Crippen molar-refractivity contribution in [2.75, 3.05) is 0 Å². The van der Waals surface area contributed by atoms with E-state index < -0.39 is 0 Å². The molecule has 1 aromatic heterocycles. The Balaban J connectivity index is 1.60. The van der Waals surface area contributed by atoms with Crippen molar-refractivity contribution in [3.05, 3.63) is 42.1 Å². The van der Waals surface area contributed by atoms with Crippen molar-refractivity contribution < 1.29 is 5.11 Å². The zero-order valence-corrected chi connectivity index (χ0v) is 10.5. The smallest absolute Gasteiger partial charge is 0.0705 e. The lowest BCUT2D eigenvalue weighted by Crippen LogP contribution is -2.09. The number of hydrogen-bond acceptors (Lipinski definition) is 2. The van der Waals surface area contributed by atoms with Gasteiger partial charge in [-0.2, -0.15) is 0 Å². The largest absolute Gasteiger partial charge is 0.393 e. The Morgan fingerprint density at radius 2 is 2.00 bits per heavy atom. The quantitative estimate of drug-likeness (QED) is 0.871. The summed E-state index contributed by atoms with van der Waals surface area (Å²) in [6, 6.07) is 12.4. The number of pyridine rings is 1. The molecule has 1 heterocycles. The summed E-state index contributed by atoms with van der Waals surface area (Å²) in [6.45, 7) is 0. The molecule has 0 amide bonds. The lowest BCUT2D eigenvalue weighted by Gasteiger charge is -2.08. The number of hydrogen-bond donors (Lipinski definition) is 1. The van der Waals surface area contributed by atoms with Gasteiger partial charge >= 0.3 is 0 Å². The fraction of sp³-hybridized carbons (Fsp3) is 0.438. The van der Waals surface area contributed by atoms with E-state index in [0.717, 1.165) is 30.5 Å². The zero-order chi connectivity index (χ0) is 12.4. The third-order valence-corrected chi connectivity index (χ3v) is 3.76. The maximum atomic E-state index is 9.82. The lowest BCUT2D eigenvalue weighted by molar-refractivity contribution is 0.139. The second kappa shape index (κ2) is 5.07. The summed E-state index contributed by atoms with van der Waals surface area (Å²) in [5.41, 5.74) is 2.20. The first kappa shape index (κ1) is 11.7. The predicted molar refractivity (Wildman–Crippen MR) is 73.4 cm³/mol. The van der Waals surface area contributed by atoms with E-state index in [0.29, 0.717) is 5.92 Å². The SMILES string of the molecule is OC(CCCc1ccc2ccccc2n1)C1CC1. The Morgan fingerprint density at radius 1 is 1.17 bits per heavy atom.